The van der Waals surface area contributed by atoms with Crippen LogP contribution in [0.2, 0.25) is 0 Å². The summed E-state index contributed by atoms with van der Waals surface area (Å²) >= 11 is 0. The van der Waals surface area contributed by atoms with Crippen molar-refractivity contribution in [2.24, 2.45) is 0 Å². The molecular weight excluding hydrogens is 1100 g/mol. The van der Waals surface area contributed by atoms with E-state index in [-0.39, 0.29) is 75.3 Å². The number of ether oxygens (including phenoxy) is 4. The predicted molar refractivity (Wildman–Crippen MR) is 323 cm³/mol. The second-order valence-corrected chi connectivity index (χ2v) is 22.7. The van der Waals surface area contributed by atoms with Crippen molar-refractivity contribution in [3.63, 3.8) is 0 Å². The number of benzene rings is 2. The van der Waals surface area contributed by atoms with E-state index in [0.29, 0.717) is 25.7 Å². The van der Waals surface area contributed by atoms with Crippen molar-refractivity contribution in [1.82, 2.24) is 0 Å². The van der Waals surface area contributed by atoms with Gasteiger partial charge in [-0.2, -0.15) is 0 Å². The van der Waals surface area contributed by atoms with Gasteiger partial charge in [-0.1, -0.05) is 191 Å². The van der Waals surface area contributed by atoms with Crippen molar-refractivity contribution in [3.8, 4) is 0 Å². The zero-order valence-corrected chi connectivity index (χ0v) is 53.6. The molecule has 2 rings (SSSR count). The molecule has 0 spiro atoms. The van der Waals surface area contributed by atoms with Crippen LogP contribution in [0.1, 0.15) is 275 Å². The Labute approximate surface area is 518 Å². The summed E-state index contributed by atoms with van der Waals surface area (Å²) in [5.74, 6) is -3.68. The summed E-state index contributed by atoms with van der Waals surface area (Å²) in [6.45, 7) is 8.93. The first-order valence-corrected chi connectivity index (χ1v) is 32.9. The van der Waals surface area contributed by atoms with Gasteiger partial charge < -0.3 is 28.1 Å². The molecule has 0 aliphatic heterocycles. The SMILES string of the molecule is CC/C=C/CCCCCCCCOC(=O)c1cccc(S(=O)(=O)[O-])c1C(=O)OCCCCCCCC/C=C/CC.CC/C=C/CCCCCCCCOC(=O)c1cccc(S(=O)(=O)[O-])c1C(=O)OCCCCCCCC/C=C/CC.[Ca+2]. The Hall–Kier alpha value is -3.64. The maximum Gasteiger partial charge on any atom is 2.00 e. The van der Waals surface area contributed by atoms with Crippen molar-refractivity contribution in [2.45, 2.75) is 243 Å². The van der Waals surface area contributed by atoms with E-state index in [9.17, 15) is 45.1 Å². The van der Waals surface area contributed by atoms with Gasteiger partial charge in [-0.3, -0.25) is 0 Å². The second-order valence-electron chi connectivity index (χ2n) is 20.0. The summed E-state index contributed by atoms with van der Waals surface area (Å²) in [5, 5.41) is 0. The van der Waals surface area contributed by atoms with E-state index in [1.165, 1.54) is 37.1 Å². The Kier molecular flexibility index (Phi) is 48.6. The maximum atomic E-state index is 12.8. The third-order valence-corrected chi connectivity index (χ3v) is 14.8. The summed E-state index contributed by atoms with van der Waals surface area (Å²) in [6.07, 6.45) is 50.0. The average molecular weight is 1200 g/mol. The molecule has 0 saturated carbocycles. The fourth-order valence-corrected chi connectivity index (χ4v) is 10.0. The van der Waals surface area contributed by atoms with Crippen LogP contribution in [-0.4, -0.2) is 114 Å². The Morgan fingerprint density at radius 1 is 0.346 bits per heavy atom. The van der Waals surface area contributed by atoms with E-state index >= 15 is 0 Å². The molecule has 0 aliphatic carbocycles. The number of hydrogen-bond acceptors (Lipinski definition) is 14. The van der Waals surface area contributed by atoms with Gasteiger partial charge in [0.05, 0.1) is 58.5 Å². The van der Waals surface area contributed by atoms with Crippen LogP contribution in [0.25, 0.3) is 0 Å². The summed E-state index contributed by atoms with van der Waals surface area (Å²) in [5.41, 5.74) is -1.61. The average Bonchev–Trinajstić information content (AvgIpc) is 3.45. The van der Waals surface area contributed by atoms with Gasteiger partial charge >= 0.3 is 61.6 Å². The van der Waals surface area contributed by atoms with E-state index in [4.69, 9.17) is 18.9 Å². The minimum atomic E-state index is -5.00. The molecule has 0 radical (unpaired) electrons. The Balaban J connectivity index is 0.00000156. The number of allylic oxidation sites excluding steroid dienone is 8. The molecule has 0 amide bonds. The second kappa shape index (κ2) is 50.8. The summed E-state index contributed by atoms with van der Waals surface area (Å²) in [7, 11) is -10.0. The van der Waals surface area contributed by atoms with E-state index < -0.39 is 65.0 Å². The largest absolute Gasteiger partial charge is 2.00 e. The Morgan fingerprint density at radius 2 is 0.568 bits per heavy atom. The molecule has 0 unspecified atom stereocenters. The van der Waals surface area contributed by atoms with Crippen molar-refractivity contribution < 1.29 is 64.1 Å². The smallest absolute Gasteiger partial charge is 0.744 e. The quantitative estimate of drug-likeness (QED) is 0.0150. The van der Waals surface area contributed by atoms with Gasteiger partial charge in [0, 0.05) is 0 Å². The normalized spacial score (nSPS) is 11.7. The fourth-order valence-electron chi connectivity index (χ4n) is 8.62. The van der Waals surface area contributed by atoms with Gasteiger partial charge in [-0.05, 0) is 127 Å². The van der Waals surface area contributed by atoms with Crippen molar-refractivity contribution in [2.75, 3.05) is 26.4 Å². The number of carbonyl (C=O) groups excluding carboxylic acids is 4. The van der Waals surface area contributed by atoms with Crippen LogP contribution in [0.3, 0.4) is 0 Å². The van der Waals surface area contributed by atoms with Gasteiger partial charge in [0.25, 0.3) is 0 Å². The van der Waals surface area contributed by atoms with Crippen LogP contribution in [0.5, 0.6) is 0 Å². The van der Waals surface area contributed by atoms with Gasteiger partial charge in [0.2, 0.25) is 0 Å². The monoisotopic (exact) mass is 1190 g/mol. The molecule has 0 fully saturated rings. The number of hydrogen-bond donors (Lipinski definition) is 0. The molecule has 81 heavy (non-hydrogen) atoms. The van der Waals surface area contributed by atoms with Crippen LogP contribution in [0.15, 0.2) is 94.8 Å². The zero-order valence-electron chi connectivity index (χ0n) is 49.8. The summed E-state index contributed by atoms with van der Waals surface area (Å²) in [4.78, 5) is 49.6. The molecule has 2 aromatic carbocycles. The van der Waals surface area contributed by atoms with Gasteiger partial charge in [-0.25, -0.2) is 36.0 Å². The predicted octanol–water partition coefficient (Wildman–Crippen LogP) is 16.2. The van der Waals surface area contributed by atoms with E-state index in [2.05, 4.69) is 76.3 Å². The minimum absolute atomic E-state index is 0. The van der Waals surface area contributed by atoms with E-state index in [1.807, 2.05) is 0 Å². The first-order chi connectivity index (χ1) is 38.6. The fraction of sp³-hybridized carbons (Fsp3) is 0.625. The van der Waals surface area contributed by atoms with Crippen LogP contribution < -0.4 is 0 Å². The van der Waals surface area contributed by atoms with Crippen LogP contribution in [0.4, 0.5) is 0 Å². The molecule has 0 atom stereocenters. The van der Waals surface area contributed by atoms with E-state index in [1.54, 1.807) is 0 Å². The molecule has 17 heteroatoms. The van der Waals surface area contributed by atoms with E-state index in [0.717, 1.165) is 179 Å². The van der Waals surface area contributed by atoms with Crippen molar-refractivity contribution in [3.05, 3.63) is 107 Å². The molecule has 0 aromatic heterocycles. The first-order valence-electron chi connectivity index (χ1n) is 30.1. The molecule has 0 saturated heterocycles. The number of carbonyl (C=O) groups is 4. The molecule has 0 bridgehead atoms. The molecule has 14 nitrogen and oxygen atoms in total. The molecule has 2 aromatic rings. The van der Waals surface area contributed by atoms with Gasteiger partial charge in [-0.15, -0.1) is 0 Å². The molecule has 0 aliphatic rings. The topological polar surface area (TPSA) is 220 Å². The van der Waals surface area contributed by atoms with Crippen LogP contribution >= 0.6 is 0 Å². The van der Waals surface area contributed by atoms with Gasteiger partial charge in [0.15, 0.2) is 0 Å². The van der Waals surface area contributed by atoms with Crippen molar-refractivity contribution >= 4 is 81.9 Å². The summed E-state index contributed by atoms with van der Waals surface area (Å²) < 4.78 is 92.1. The van der Waals surface area contributed by atoms with Crippen LogP contribution in [0, 0.1) is 0 Å². The number of esters is 4. The third-order valence-electron chi connectivity index (χ3n) is 13.0. The molecule has 0 N–H and O–H groups in total. The summed E-state index contributed by atoms with van der Waals surface area (Å²) in [6, 6.07) is 7.12. The maximum absolute atomic E-state index is 12.8. The Bertz CT molecular complexity index is 2200. The molecule has 0 heterocycles. The molecular formula is C64H98CaO14S2. The minimum Gasteiger partial charge on any atom is -0.744 e. The zero-order chi connectivity index (χ0) is 59.0. The third kappa shape index (κ3) is 38.8. The number of unbranched alkanes of at least 4 members (excludes halogenated alkanes) is 24. The first kappa shape index (κ1) is 77.4. The standard InChI is InChI=1S/2C32H50O7S.Ca/c2*1-3-5-7-9-11-13-15-17-19-21-26-38-31(33)28-24-23-25-29(40(35,36)37)30(28)32(34)39-27-22-20-18-16-14-12-10-8-6-4-2;/h2*5-8,23-25H,3-4,9-22,26-27H2,1-2H3,(H,35,36,37);/q;;+2/p-2/b2*7-5+,8-6+;. The van der Waals surface area contributed by atoms with Crippen molar-refractivity contribution in [1.29, 1.82) is 0 Å². The Morgan fingerprint density at radius 3 is 0.802 bits per heavy atom. The van der Waals surface area contributed by atoms with Crippen LogP contribution in [-0.2, 0) is 39.2 Å². The molecule has 452 valence electrons. The van der Waals surface area contributed by atoms with Gasteiger partial charge in [0.1, 0.15) is 20.2 Å². The number of rotatable bonds is 46.